The number of aromatic nitrogens is 2. The van der Waals surface area contributed by atoms with E-state index in [0.29, 0.717) is 29.6 Å². The summed E-state index contributed by atoms with van der Waals surface area (Å²) in [5.41, 5.74) is 1.49. The van der Waals surface area contributed by atoms with Gasteiger partial charge in [-0.2, -0.15) is 4.98 Å². The van der Waals surface area contributed by atoms with Crippen molar-refractivity contribution in [3.05, 3.63) is 67.3 Å². The molecule has 6 heteroatoms. The topological polar surface area (TPSA) is 77.2 Å². The van der Waals surface area contributed by atoms with Gasteiger partial charge < -0.3 is 14.6 Å². The van der Waals surface area contributed by atoms with Crippen LogP contribution < -0.4 is 10.1 Å². The van der Waals surface area contributed by atoms with Crippen LogP contribution in [0, 0.1) is 0 Å². The maximum Gasteiger partial charge on any atom is 0.258 e. The highest BCUT2D eigenvalue weighted by Crippen LogP contribution is 2.29. The maximum atomic E-state index is 11.7. The molecule has 2 aromatic carbocycles. The first-order valence-corrected chi connectivity index (χ1v) is 7.77. The lowest BCUT2D eigenvalue weighted by molar-refractivity contribution is -0.122. The highest BCUT2D eigenvalue weighted by molar-refractivity contribution is 5.78. The molecule has 0 saturated heterocycles. The Morgan fingerprint density at radius 3 is 2.72 bits per heavy atom. The van der Waals surface area contributed by atoms with Crippen molar-refractivity contribution in [1.82, 2.24) is 15.5 Å². The van der Waals surface area contributed by atoms with Crippen LogP contribution in [0.25, 0.3) is 22.8 Å². The number of benzene rings is 2. The second kappa shape index (κ2) is 7.92. The first-order chi connectivity index (χ1) is 12.3. The van der Waals surface area contributed by atoms with Gasteiger partial charge in [0.25, 0.3) is 11.8 Å². The van der Waals surface area contributed by atoms with E-state index in [-0.39, 0.29) is 12.5 Å². The smallest absolute Gasteiger partial charge is 0.258 e. The summed E-state index contributed by atoms with van der Waals surface area (Å²) in [7, 11) is 0. The highest BCUT2D eigenvalue weighted by Gasteiger charge is 2.15. The number of rotatable bonds is 7. The molecule has 0 aliphatic heterocycles. The molecule has 0 atom stereocenters. The molecule has 3 rings (SSSR count). The summed E-state index contributed by atoms with van der Waals surface area (Å²) in [5, 5.41) is 6.68. The first kappa shape index (κ1) is 16.4. The molecule has 0 unspecified atom stereocenters. The summed E-state index contributed by atoms with van der Waals surface area (Å²) < 4.78 is 10.9. The molecule has 1 aromatic heterocycles. The van der Waals surface area contributed by atoms with E-state index in [1.54, 1.807) is 12.1 Å². The van der Waals surface area contributed by atoms with Crippen LogP contribution >= 0.6 is 0 Å². The predicted molar refractivity (Wildman–Crippen MR) is 93.9 cm³/mol. The predicted octanol–water partition coefficient (Wildman–Crippen LogP) is 3.08. The van der Waals surface area contributed by atoms with E-state index >= 15 is 0 Å². The number of amides is 1. The molecular weight excluding hydrogens is 318 g/mol. The van der Waals surface area contributed by atoms with Crippen LogP contribution in [0.2, 0.25) is 0 Å². The minimum absolute atomic E-state index is 0.103. The van der Waals surface area contributed by atoms with Crippen LogP contribution in [0.5, 0.6) is 5.75 Å². The zero-order chi connectivity index (χ0) is 17.5. The summed E-state index contributed by atoms with van der Waals surface area (Å²) in [6.07, 6.45) is 1.61. The molecule has 1 N–H and O–H groups in total. The van der Waals surface area contributed by atoms with Crippen LogP contribution in [0.15, 0.2) is 71.8 Å². The number of hydrogen-bond donors (Lipinski definition) is 1. The minimum Gasteiger partial charge on any atom is -0.483 e. The Morgan fingerprint density at radius 1 is 1.16 bits per heavy atom. The molecule has 0 bridgehead atoms. The molecule has 0 aliphatic rings. The molecular formula is C19H17N3O3. The third kappa shape index (κ3) is 4.11. The number of nitrogens with zero attached hydrogens (tertiary/aromatic N) is 2. The van der Waals surface area contributed by atoms with Gasteiger partial charge in [-0.25, -0.2) is 0 Å². The largest absolute Gasteiger partial charge is 0.483 e. The molecule has 1 amide bonds. The van der Waals surface area contributed by atoms with Crippen LogP contribution in [-0.2, 0) is 4.79 Å². The SMILES string of the molecule is C=CCNC(=O)COc1ccccc1-c1noc(-c2ccccc2)n1. The Labute approximate surface area is 145 Å². The summed E-state index contributed by atoms with van der Waals surface area (Å²) in [5.74, 6) is 1.11. The van der Waals surface area contributed by atoms with Gasteiger partial charge in [-0.3, -0.25) is 4.79 Å². The monoisotopic (exact) mass is 335 g/mol. The number of para-hydroxylation sites is 1. The van der Waals surface area contributed by atoms with E-state index in [1.807, 2.05) is 48.5 Å². The Morgan fingerprint density at radius 2 is 1.92 bits per heavy atom. The Balaban J connectivity index is 1.78. The summed E-state index contributed by atoms with van der Waals surface area (Å²) in [6.45, 7) is 3.84. The van der Waals surface area contributed by atoms with Crippen molar-refractivity contribution in [2.24, 2.45) is 0 Å². The number of hydrogen-bond acceptors (Lipinski definition) is 5. The van der Waals surface area contributed by atoms with E-state index in [1.165, 1.54) is 0 Å². The Kier molecular flexibility index (Phi) is 5.21. The van der Waals surface area contributed by atoms with Gasteiger partial charge in [0.15, 0.2) is 6.61 Å². The molecule has 0 spiro atoms. The lowest BCUT2D eigenvalue weighted by Crippen LogP contribution is -2.28. The average Bonchev–Trinajstić information content (AvgIpc) is 3.15. The fourth-order valence-corrected chi connectivity index (χ4v) is 2.19. The number of nitrogens with one attached hydrogen (secondary N) is 1. The van der Waals surface area contributed by atoms with E-state index < -0.39 is 0 Å². The molecule has 3 aromatic rings. The molecule has 0 fully saturated rings. The normalized spacial score (nSPS) is 10.2. The second-order valence-corrected chi connectivity index (χ2v) is 5.17. The third-order valence-corrected chi connectivity index (χ3v) is 3.38. The van der Waals surface area contributed by atoms with Gasteiger partial charge in [0, 0.05) is 12.1 Å². The lowest BCUT2D eigenvalue weighted by atomic mass is 10.2. The molecule has 0 aliphatic carbocycles. The van der Waals surface area contributed by atoms with Crippen LogP contribution in [-0.4, -0.2) is 29.2 Å². The van der Waals surface area contributed by atoms with Crippen LogP contribution in [0.3, 0.4) is 0 Å². The van der Waals surface area contributed by atoms with Gasteiger partial charge in [0.2, 0.25) is 5.82 Å². The standard InChI is InChI=1S/C19H17N3O3/c1-2-12-20-17(23)13-24-16-11-7-6-10-15(16)18-21-19(25-22-18)14-8-4-3-5-9-14/h2-11H,1,12-13H2,(H,20,23). The highest BCUT2D eigenvalue weighted by atomic mass is 16.5. The van der Waals surface area contributed by atoms with E-state index in [9.17, 15) is 4.79 Å². The molecule has 25 heavy (non-hydrogen) atoms. The van der Waals surface area contributed by atoms with Crippen LogP contribution in [0.1, 0.15) is 0 Å². The molecule has 0 saturated carbocycles. The molecule has 0 radical (unpaired) electrons. The number of ether oxygens (including phenoxy) is 1. The Hall–Kier alpha value is -3.41. The van der Waals surface area contributed by atoms with Crippen molar-refractivity contribution >= 4 is 5.91 Å². The maximum absolute atomic E-state index is 11.7. The van der Waals surface area contributed by atoms with E-state index in [2.05, 4.69) is 22.0 Å². The number of carbonyl (C=O) groups excluding carboxylic acids is 1. The summed E-state index contributed by atoms with van der Waals surface area (Å²) in [6, 6.07) is 16.7. The Bertz CT molecular complexity index is 859. The van der Waals surface area contributed by atoms with Gasteiger partial charge in [-0.05, 0) is 24.3 Å². The van der Waals surface area contributed by atoms with E-state index in [4.69, 9.17) is 9.26 Å². The van der Waals surface area contributed by atoms with Crippen molar-refractivity contribution in [2.45, 2.75) is 0 Å². The average molecular weight is 335 g/mol. The minimum atomic E-state index is -0.229. The van der Waals surface area contributed by atoms with Gasteiger partial charge in [0.05, 0.1) is 5.56 Å². The second-order valence-electron chi connectivity index (χ2n) is 5.17. The fraction of sp³-hybridized carbons (Fsp3) is 0.105. The molecule has 1 heterocycles. The van der Waals surface area contributed by atoms with Crippen LogP contribution in [0.4, 0.5) is 0 Å². The van der Waals surface area contributed by atoms with Crippen molar-refractivity contribution < 1.29 is 14.1 Å². The van der Waals surface area contributed by atoms with Gasteiger partial charge in [-0.1, -0.05) is 41.6 Å². The fourth-order valence-electron chi connectivity index (χ4n) is 2.19. The van der Waals surface area contributed by atoms with Crippen molar-refractivity contribution in [1.29, 1.82) is 0 Å². The van der Waals surface area contributed by atoms with Crippen molar-refractivity contribution in [3.63, 3.8) is 0 Å². The van der Waals surface area contributed by atoms with Gasteiger partial charge >= 0.3 is 0 Å². The number of carbonyl (C=O) groups is 1. The van der Waals surface area contributed by atoms with Crippen molar-refractivity contribution in [3.8, 4) is 28.6 Å². The first-order valence-electron chi connectivity index (χ1n) is 7.77. The van der Waals surface area contributed by atoms with E-state index in [0.717, 1.165) is 5.56 Å². The zero-order valence-electron chi connectivity index (χ0n) is 13.5. The zero-order valence-corrected chi connectivity index (χ0v) is 13.5. The van der Waals surface area contributed by atoms with Crippen molar-refractivity contribution in [2.75, 3.05) is 13.2 Å². The van der Waals surface area contributed by atoms with Gasteiger partial charge in [0.1, 0.15) is 5.75 Å². The van der Waals surface area contributed by atoms with Gasteiger partial charge in [-0.15, -0.1) is 6.58 Å². The quantitative estimate of drug-likeness (QED) is 0.671. The molecule has 6 nitrogen and oxygen atoms in total. The summed E-state index contributed by atoms with van der Waals surface area (Å²) in [4.78, 5) is 16.1. The summed E-state index contributed by atoms with van der Waals surface area (Å²) >= 11 is 0. The lowest BCUT2D eigenvalue weighted by Gasteiger charge is -2.08. The third-order valence-electron chi connectivity index (χ3n) is 3.38. The molecule has 126 valence electrons.